The number of hydrogen-bond donors (Lipinski definition) is 1. The van der Waals surface area contributed by atoms with Crippen LogP contribution in [0, 0.1) is 0 Å². The van der Waals surface area contributed by atoms with Crippen molar-refractivity contribution in [3.63, 3.8) is 0 Å². The number of nitrogens with one attached hydrogen (secondary N) is 1. The van der Waals surface area contributed by atoms with Gasteiger partial charge in [0.15, 0.2) is 5.65 Å². The smallest absolute Gasteiger partial charge is 0.263 e. The lowest BCUT2D eigenvalue weighted by Crippen LogP contribution is -2.37. The molecule has 0 spiro atoms. The quantitative estimate of drug-likeness (QED) is 0.584. The monoisotopic (exact) mass is 376 g/mol. The van der Waals surface area contributed by atoms with Crippen LogP contribution in [0.3, 0.4) is 0 Å². The highest BCUT2D eigenvalue weighted by atomic mass is 16.1. The van der Waals surface area contributed by atoms with Crippen molar-refractivity contribution < 1.29 is 0 Å². The SMILES string of the molecule is Cn1cnnc1C1CCCN(c2nc3c(cnn3-c3ccccc3)c(=O)[nH]2)C1. The molecule has 3 aromatic heterocycles. The lowest BCUT2D eigenvalue weighted by atomic mass is 9.97. The van der Waals surface area contributed by atoms with Crippen LogP contribution >= 0.6 is 0 Å². The standard InChI is InChI=1S/C19H20N8O/c1-25-12-20-24-16(25)13-6-5-9-26(11-13)19-22-17-15(18(28)23-19)10-21-27(17)14-7-3-2-4-8-14/h2-4,7-8,10,12-13H,5-6,9,11H2,1H3,(H,22,23,28). The maximum absolute atomic E-state index is 12.6. The predicted molar refractivity (Wildman–Crippen MR) is 105 cm³/mol. The molecule has 9 heteroatoms. The summed E-state index contributed by atoms with van der Waals surface area (Å²) in [4.78, 5) is 22.5. The minimum atomic E-state index is -0.178. The van der Waals surface area contributed by atoms with E-state index in [2.05, 4.69) is 25.2 Å². The van der Waals surface area contributed by atoms with Gasteiger partial charge in [-0.3, -0.25) is 9.78 Å². The van der Waals surface area contributed by atoms with E-state index in [1.807, 2.05) is 41.9 Å². The maximum Gasteiger partial charge on any atom is 0.263 e. The van der Waals surface area contributed by atoms with Gasteiger partial charge in [-0.2, -0.15) is 10.1 Å². The fourth-order valence-corrected chi connectivity index (χ4v) is 3.86. The fourth-order valence-electron chi connectivity index (χ4n) is 3.86. The van der Waals surface area contributed by atoms with Crippen LogP contribution in [0.25, 0.3) is 16.7 Å². The Kier molecular flexibility index (Phi) is 3.92. The normalized spacial score (nSPS) is 17.3. The number of nitrogens with zero attached hydrogens (tertiary/aromatic N) is 7. The number of para-hydroxylation sites is 1. The van der Waals surface area contributed by atoms with Crippen molar-refractivity contribution in [3.8, 4) is 5.69 Å². The number of anilines is 1. The van der Waals surface area contributed by atoms with Crippen LogP contribution < -0.4 is 10.5 Å². The van der Waals surface area contributed by atoms with Crippen LogP contribution in [0.2, 0.25) is 0 Å². The Labute approximate surface area is 160 Å². The molecule has 1 aliphatic rings. The molecule has 142 valence electrons. The van der Waals surface area contributed by atoms with Crippen molar-refractivity contribution in [1.82, 2.24) is 34.5 Å². The molecule has 1 atom stereocenters. The first kappa shape index (κ1) is 16.7. The number of fused-ring (bicyclic) bond motifs is 1. The van der Waals surface area contributed by atoms with Gasteiger partial charge in [0.2, 0.25) is 5.95 Å². The number of benzene rings is 1. The van der Waals surface area contributed by atoms with Crippen molar-refractivity contribution in [2.45, 2.75) is 18.8 Å². The summed E-state index contributed by atoms with van der Waals surface area (Å²) in [7, 11) is 1.96. The average Bonchev–Trinajstić information content (AvgIpc) is 3.35. The van der Waals surface area contributed by atoms with Gasteiger partial charge in [-0.05, 0) is 25.0 Å². The Morgan fingerprint density at radius 2 is 2.07 bits per heavy atom. The molecule has 4 aromatic rings. The van der Waals surface area contributed by atoms with Gasteiger partial charge in [0.1, 0.15) is 17.5 Å². The Morgan fingerprint density at radius 1 is 1.21 bits per heavy atom. The molecule has 0 aliphatic carbocycles. The minimum absolute atomic E-state index is 0.178. The van der Waals surface area contributed by atoms with E-state index in [4.69, 9.17) is 4.98 Å². The zero-order valence-corrected chi connectivity index (χ0v) is 15.5. The molecule has 1 N–H and O–H groups in total. The average molecular weight is 376 g/mol. The number of H-pyrrole nitrogens is 1. The number of aromatic amines is 1. The van der Waals surface area contributed by atoms with Crippen molar-refractivity contribution >= 4 is 17.0 Å². The van der Waals surface area contributed by atoms with Crippen LogP contribution in [0.5, 0.6) is 0 Å². The third-order valence-corrected chi connectivity index (χ3v) is 5.26. The van der Waals surface area contributed by atoms with Gasteiger partial charge in [-0.15, -0.1) is 10.2 Å². The molecule has 1 aliphatic heterocycles. The van der Waals surface area contributed by atoms with Gasteiger partial charge in [0.25, 0.3) is 5.56 Å². The summed E-state index contributed by atoms with van der Waals surface area (Å²) in [6, 6.07) is 9.71. The molecule has 0 radical (unpaired) electrons. The fraction of sp³-hybridized carbons (Fsp3) is 0.316. The lowest BCUT2D eigenvalue weighted by molar-refractivity contribution is 0.475. The number of piperidine rings is 1. The predicted octanol–water partition coefficient (Wildman–Crippen LogP) is 1.62. The van der Waals surface area contributed by atoms with Crippen LogP contribution in [0.1, 0.15) is 24.6 Å². The van der Waals surface area contributed by atoms with Crippen LogP contribution in [-0.2, 0) is 7.05 Å². The molecular formula is C19H20N8O. The van der Waals surface area contributed by atoms with Gasteiger partial charge in [0, 0.05) is 26.1 Å². The summed E-state index contributed by atoms with van der Waals surface area (Å²) in [6.07, 6.45) is 5.32. The molecule has 0 saturated carbocycles. The van der Waals surface area contributed by atoms with E-state index in [1.165, 1.54) is 0 Å². The second-order valence-electron chi connectivity index (χ2n) is 7.10. The van der Waals surface area contributed by atoms with Crippen molar-refractivity contribution in [1.29, 1.82) is 0 Å². The highest BCUT2D eigenvalue weighted by Crippen LogP contribution is 2.27. The summed E-state index contributed by atoms with van der Waals surface area (Å²) in [5.41, 5.74) is 1.26. The second kappa shape index (κ2) is 6.59. The van der Waals surface area contributed by atoms with E-state index >= 15 is 0 Å². The van der Waals surface area contributed by atoms with E-state index in [9.17, 15) is 4.79 Å². The van der Waals surface area contributed by atoms with Crippen LogP contribution in [0.15, 0.2) is 47.7 Å². The first-order valence-corrected chi connectivity index (χ1v) is 9.33. The zero-order chi connectivity index (χ0) is 19.1. The van der Waals surface area contributed by atoms with Crippen LogP contribution in [-0.4, -0.2) is 47.6 Å². The zero-order valence-electron chi connectivity index (χ0n) is 15.5. The van der Waals surface area contributed by atoms with Gasteiger partial charge in [0.05, 0.1) is 11.9 Å². The molecule has 0 bridgehead atoms. The highest BCUT2D eigenvalue weighted by Gasteiger charge is 2.26. The molecule has 9 nitrogen and oxygen atoms in total. The van der Waals surface area contributed by atoms with E-state index in [1.54, 1.807) is 17.2 Å². The summed E-state index contributed by atoms with van der Waals surface area (Å²) in [5.74, 6) is 1.78. The number of hydrogen-bond acceptors (Lipinski definition) is 6. The highest BCUT2D eigenvalue weighted by molar-refractivity contribution is 5.76. The lowest BCUT2D eigenvalue weighted by Gasteiger charge is -2.32. The van der Waals surface area contributed by atoms with Gasteiger partial charge < -0.3 is 9.47 Å². The van der Waals surface area contributed by atoms with Gasteiger partial charge in [-0.25, -0.2) is 4.68 Å². The molecule has 5 rings (SSSR count). The molecule has 1 aromatic carbocycles. The largest absolute Gasteiger partial charge is 0.342 e. The van der Waals surface area contributed by atoms with E-state index in [0.717, 1.165) is 37.4 Å². The first-order valence-electron chi connectivity index (χ1n) is 9.33. The first-order chi connectivity index (χ1) is 13.7. The molecule has 1 unspecified atom stereocenters. The summed E-state index contributed by atoms with van der Waals surface area (Å²) >= 11 is 0. The molecular weight excluding hydrogens is 356 g/mol. The number of rotatable bonds is 3. The molecule has 0 amide bonds. The Balaban J connectivity index is 1.54. The Hall–Kier alpha value is -3.49. The Bertz CT molecular complexity index is 1180. The summed E-state index contributed by atoms with van der Waals surface area (Å²) < 4.78 is 3.66. The molecule has 28 heavy (non-hydrogen) atoms. The number of aryl methyl sites for hydroxylation is 1. The van der Waals surface area contributed by atoms with Crippen molar-refractivity contribution in [2.75, 3.05) is 18.0 Å². The second-order valence-corrected chi connectivity index (χ2v) is 7.10. The van der Waals surface area contributed by atoms with E-state index in [0.29, 0.717) is 17.0 Å². The summed E-state index contributed by atoms with van der Waals surface area (Å²) in [5, 5.41) is 13.1. The van der Waals surface area contributed by atoms with Crippen molar-refractivity contribution in [2.24, 2.45) is 7.05 Å². The summed E-state index contributed by atoms with van der Waals surface area (Å²) in [6.45, 7) is 1.57. The Morgan fingerprint density at radius 3 is 2.86 bits per heavy atom. The number of aromatic nitrogens is 7. The van der Waals surface area contributed by atoms with Gasteiger partial charge in [-0.1, -0.05) is 18.2 Å². The van der Waals surface area contributed by atoms with E-state index < -0.39 is 0 Å². The van der Waals surface area contributed by atoms with E-state index in [-0.39, 0.29) is 11.5 Å². The third kappa shape index (κ3) is 2.75. The van der Waals surface area contributed by atoms with Gasteiger partial charge >= 0.3 is 0 Å². The topological polar surface area (TPSA) is 97.5 Å². The minimum Gasteiger partial charge on any atom is -0.342 e. The molecule has 1 fully saturated rings. The molecule has 1 saturated heterocycles. The van der Waals surface area contributed by atoms with Crippen LogP contribution in [0.4, 0.5) is 5.95 Å². The third-order valence-electron chi connectivity index (χ3n) is 5.26. The maximum atomic E-state index is 12.6. The van der Waals surface area contributed by atoms with Crippen molar-refractivity contribution in [3.05, 3.63) is 59.0 Å². The molecule has 4 heterocycles.